The molecule has 0 saturated heterocycles. The van der Waals surface area contributed by atoms with E-state index in [9.17, 15) is 4.79 Å². The first-order valence-electron chi connectivity index (χ1n) is 6.58. The zero-order valence-corrected chi connectivity index (χ0v) is 13.1. The fourth-order valence-electron chi connectivity index (χ4n) is 1.90. The largest absolute Gasteiger partial charge is 0.344 e. The average molecular weight is 285 g/mol. The van der Waals surface area contributed by atoms with Gasteiger partial charge in [-0.25, -0.2) is 0 Å². The molecule has 1 unspecified atom stereocenters. The van der Waals surface area contributed by atoms with E-state index in [0.717, 1.165) is 25.1 Å². The maximum Gasteiger partial charge on any atom is 0.229 e. The Balaban J connectivity index is 0.00000324. The summed E-state index contributed by atoms with van der Waals surface area (Å²) in [6.45, 7) is 5.67. The van der Waals surface area contributed by atoms with Gasteiger partial charge < -0.3 is 10.2 Å². The molecule has 0 spiro atoms. The predicted molar refractivity (Wildman–Crippen MR) is 83.0 cm³/mol. The molecule has 0 aliphatic rings. The van der Waals surface area contributed by atoms with Crippen LogP contribution in [0.1, 0.15) is 30.9 Å². The molecule has 0 heterocycles. The number of nitrogens with one attached hydrogen (secondary N) is 1. The Hall–Kier alpha value is -1.06. The highest BCUT2D eigenvalue weighted by Gasteiger charge is 2.18. The van der Waals surface area contributed by atoms with Crippen molar-refractivity contribution in [2.24, 2.45) is 0 Å². The summed E-state index contributed by atoms with van der Waals surface area (Å²) < 4.78 is 0. The van der Waals surface area contributed by atoms with Crippen molar-refractivity contribution < 1.29 is 4.79 Å². The standard InChI is InChI=1S/C15H24N2O.ClH/c1-5-13-6-8-14(9-7-13)12(2)15(18)17(4)11-10-16-3;/h6-9,12,16H,5,10-11H2,1-4H3;1H. The number of carbonyl (C=O) groups is 1. The number of carbonyl (C=O) groups excluding carboxylic acids is 1. The van der Waals surface area contributed by atoms with Gasteiger partial charge in [0.25, 0.3) is 0 Å². The quantitative estimate of drug-likeness (QED) is 0.870. The Morgan fingerprint density at radius 1 is 1.32 bits per heavy atom. The summed E-state index contributed by atoms with van der Waals surface area (Å²) in [7, 11) is 3.75. The lowest BCUT2D eigenvalue weighted by Gasteiger charge is -2.21. The third kappa shape index (κ3) is 5.21. The summed E-state index contributed by atoms with van der Waals surface area (Å²) >= 11 is 0. The molecule has 1 aromatic carbocycles. The van der Waals surface area contributed by atoms with Crippen molar-refractivity contribution >= 4 is 18.3 Å². The Morgan fingerprint density at radius 2 is 1.89 bits per heavy atom. The second-order valence-corrected chi connectivity index (χ2v) is 4.68. The molecule has 19 heavy (non-hydrogen) atoms. The van der Waals surface area contributed by atoms with Crippen LogP contribution in [-0.4, -0.2) is 38.0 Å². The van der Waals surface area contributed by atoms with E-state index >= 15 is 0 Å². The van der Waals surface area contributed by atoms with E-state index in [4.69, 9.17) is 0 Å². The van der Waals surface area contributed by atoms with Gasteiger partial charge >= 0.3 is 0 Å². The first-order valence-corrected chi connectivity index (χ1v) is 6.58. The van der Waals surface area contributed by atoms with E-state index in [-0.39, 0.29) is 24.2 Å². The van der Waals surface area contributed by atoms with Crippen molar-refractivity contribution in [3.05, 3.63) is 35.4 Å². The van der Waals surface area contributed by atoms with Crippen LogP contribution in [0, 0.1) is 0 Å². The van der Waals surface area contributed by atoms with E-state index in [2.05, 4.69) is 36.5 Å². The molecule has 0 aromatic heterocycles. The number of benzene rings is 1. The van der Waals surface area contributed by atoms with Gasteiger partial charge in [-0.3, -0.25) is 4.79 Å². The maximum absolute atomic E-state index is 12.2. The fourth-order valence-corrected chi connectivity index (χ4v) is 1.90. The third-order valence-electron chi connectivity index (χ3n) is 3.33. The summed E-state index contributed by atoms with van der Waals surface area (Å²) in [5, 5.41) is 3.05. The van der Waals surface area contributed by atoms with Crippen LogP contribution in [0.4, 0.5) is 0 Å². The fraction of sp³-hybridized carbons (Fsp3) is 0.533. The molecule has 1 rings (SSSR count). The van der Waals surface area contributed by atoms with Gasteiger partial charge in [0.05, 0.1) is 5.92 Å². The van der Waals surface area contributed by atoms with Crippen molar-refractivity contribution in [2.45, 2.75) is 26.2 Å². The maximum atomic E-state index is 12.2. The Bertz CT molecular complexity index is 378. The van der Waals surface area contributed by atoms with E-state index in [1.165, 1.54) is 5.56 Å². The first-order chi connectivity index (χ1) is 8.60. The highest BCUT2D eigenvalue weighted by Crippen LogP contribution is 2.18. The lowest BCUT2D eigenvalue weighted by atomic mass is 9.98. The van der Waals surface area contributed by atoms with Gasteiger partial charge in [0, 0.05) is 20.1 Å². The molecule has 1 amide bonds. The molecule has 1 atom stereocenters. The van der Waals surface area contributed by atoms with Gasteiger partial charge in [0.2, 0.25) is 5.91 Å². The predicted octanol–water partition coefficient (Wildman–Crippen LogP) is 2.45. The van der Waals surface area contributed by atoms with Gasteiger partial charge in [0.15, 0.2) is 0 Å². The van der Waals surface area contributed by atoms with Crippen molar-refractivity contribution in [1.29, 1.82) is 0 Å². The van der Waals surface area contributed by atoms with Crippen LogP contribution in [0.2, 0.25) is 0 Å². The minimum absolute atomic E-state index is 0. The topological polar surface area (TPSA) is 32.3 Å². The summed E-state index contributed by atoms with van der Waals surface area (Å²) in [6, 6.07) is 8.33. The lowest BCUT2D eigenvalue weighted by molar-refractivity contribution is -0.131. The molecule has 0 fully saturated rings. The van der Waals surface area contributed by atoms with Gasteiger partial charge in [-0.2, -0.15) is 0 Å². The Morgan fingerprint density at radius 3 is 2.37 bits per heavy atom. The Kier molecular flexibility index (Phi) is 8.44. The van der Waals surface area contributed by atoms with Crippen molar-refractivity contribution in [3.8, 4) is 0 Å². The number of nitrogens with zero attached hydrogens (tertiary/aromatic N) is 1. The second kappa shape index (κ2) is 8.94. The molecule has 1 aromatic rings. The second-order valence-electron chi connectivity index (χ2n) is 4.68. The Labute approximate surface area is 122 Å². The molecular formula is C15H25ClN2O. The number of hydrogen-bond donors (Lipinski definition) is 1. The molecule has 3 nitrogen and oxygen atoms in total. The zero-order chi connectivity index (χ0) is 13.5. The third-order valence-corrected chi connectivity index (χ3v) is 3.33. The van der Waals surface area contributed by atoms with Crippen molar-refractivity contribution in [2.75, 3.05) is 27.2 Å². The number of aryl methyl sites for hydroxylation is 1. The molecule has 0 aliphatic carbocycles. The van der Waals surface area contributed by atoms with Crippen LogP contribution in [-0.2, 0) is 11.2 Å². The number of hydrogen-bond acceptors (Lipinski definition) is 2. The number of amides is 1. The monoisotopic (exact) mass is 284 g/mol. The van der Waals surface area contributed by atoms with Crippen LogP contribution >= 0.6 is 12.4 Å². The summed E-state index contributed by atoms with van der Waals surface area (Å²) in [5.74, 6) is 0.104. The van der Waals surface area contributed by atoms with Crippen molar-refractivity contribution in [1.82, 2.24) is 10.2 Å². The number of halogens is 1. The van der Waals surface area contributed by atoms with E-state index in [1.54, 1.807) is 4.90 Å². The minimum Gasteiger partial charge on any atom is -0.344 e. The number of likely N-dealkylation sites (N-methyl/N-ethyl adjacent to an activating group) is 2. The SMILES string of the molecule is CCc1ccc(C(C)C(=O)N(C)CCNC)cc1.Cl. The molecule has 0 saturated carbocycles. The molecule has 0 aliphatic heterocycles. The zero-order valence-electron chi connectivity index (χ0n) is 12.3. The van der Waals surface area contributed by atoms with Crippen LogP contribution in [0.3, 0.4) is 0 Å². The molecule has 1 N–H and O–H groups in total. The minimum atomic E-state index is -0.0715. The van der Waals surface area contributed by atoms with E-state index in [1.807, 2.05) is 21.0 Å². The van der Waals surface area contributed by atoms with Gasteiger partial charge in [0.1, 0.15) is 0 Å². The number of rotatable bonds is 6. The molecule has 4 heteroatoms. The van der Waals surface area contributed by atoms with Gasteiger partial charge in [-0.1, -0.05) is 31.2 Å². The smallest absolute Gasteiger partial charge is 0.229 e. The van der Waals surface area contributed by atoms with E-state index < -0.39 is 0 Å². The highest BCUT2D eigenvalue weighted by atomic mass is 35.5. The highest BCUT2D eigenvalue weighted by molar-refractivity contribution is 5.85. The molecular weight excluding hydrogens is 260 g/mol. The molecule has 108 valence electrons. The van der Waals surface area contributed by atoms with Crippen LogP contribution < -0.4 is 5.32 Å². The van der Waals surface area contributed by atoms with Gasteiger partial charge in [-0.15, -0.1) is 12.4 Å². The summed E-state index contributed by atoms with van der Waals surface area (Å²) in [5.41, 5.74) is 2.40. The average Bonchev–Trinajstić information content (AvgIpc) is 2.43. The lowest BCUT2D eigenvalue weighted by Crippen LogP contribution is -2.35. The molecule has 0 bridgehead atoms. The van der Waals surface area contributed by atoms with Crippen LogP contribution in [0.25, 0.3) is 0 Å². The van der Waals surface area contributed by atoms with Crippen LogP contribution in [0.15, 0.2) is 24.3 Å². The normalized spacial score (nSPS) is 11.6. The van der Waals surface area contributed by atoms with Gasteiger partial charge in [-0.05, 0) is 31.5 Å². The summed E-state index contributed by atoms with van der Waals surface area (Å²) in [4.78, 5) is 14.0. The first kappa shape index (κ1) is 17.9. The van der Waals surface area contributed by atoms with E-state index in [0.29, 0.717) is 0 Å². The van der Waals surface area contributed by atoms with Crippen LogP contribution in [0.5, 0.6) is 0 Å². The molecule has 0 radical (unpaired) electrons. The van der Waals surface area contributed by atoms with Crippen molar-refractivity contribution in [3.63, 3.8) is 0 Å². The summed E-state index contributed by atoms with van der Waals surface area (Å²) in [6.07, 6.45) is 1.03.